The molecule has 102 valence electrons. The lowest BCUT2D eigenvalue weighted by Gasteiger charge is -2.38. The van der Waals surface area contributed by atoms with Gasteiger partial charge in [-0.1, -0.05) is 44.9 Å². The highest BCUT2D eigenvalue weighted by atomic mass is 32.2. The number of hydrogen-bond acceptors (Lipinski definition) is 3. The fraction of sp³-hybridized carbons (Fsp3) is 0.933. The predicted octanol–water partition coefficient (Wildman–Crippen LogP) is 3.68. The van der Waals surface area contributed by atoms with Gasteiger partial charge in [-0.05, 0) is 36.0 Å². The van der Waals surface area contributed by atoms with E-state index in [1.807, 2.05) is 11.8 Å². The molecule has 0 aromatic rings. The topological polar surface area (TPSA) is 24.4 Å². The van der Waals surface area contributed by atoms with Crippen molar-refractivity contribution in [2.24, 2.45) is 21.7 Å². The fourth-order valence-corrected chi connectivity index (χ4v) is 4.56. The maximum Gasteiger partial charge on any atom is 0.156 e. The first-order chi connectivity index (χ1) is 8.60. The van der Waals surface area contributed by atoms with E-state index in [1.165, 1.54) is 49.4 Å². The normalized spacial score (nSPS) is 33.0. The molecule has 1 atom stereocenters. The Morgan fingerprint density at radius 2 is 2.00 bits per heavy atom. The lowest BCUT2D eigenvalue weighted by Crippen LogP contribution is -2.37. The van der Waals surface area contributed by atoms with Gasteiger partial charge in [0.15, 0.2) is 5.17 Å². The Hall–Kier alpha value is -0.180. The van der Waals surface area contributed by atoms with Crippen LogP contribution < -0.4 is 5.32 Å². The zero-order chi connectivity index (χ0) is 12.6. The van der Waals surface area contributed by atoms with E-state index in [1.54, 1.807) is 0 Å². The van der Waals surface area contributed by atoms with Crippen LogP contribution in [0.3, 0.4) is 0 Å². The molecule has 0 aromatic carbocycles. The molecule has 0 aromatic heterocycles. The van der Waals surface area contributed by atoms with Crippen molar-refractivity contribution in [2.75, 3.05) is 18.8 Å². The lowest BCUT2D eigenvalue weighted by atomic mass is 9.75. The first-order valence-corrected chi connectivity index (χ1v) is 8.49. The Labute approximate surface area is 115 Å². The van der Waals surface area contributed by atoms with Crippen LogP contribution in [0.4, 0.5) is 0 Å². The third-order valence-electron chi connectivity index (χ3n) is 5.20. The van der Waals surface area contributed by atoms with Gasteiger partial charge in [-0.3, -0.25) is 4.99 Å². The summed E-state index contributed by atoms with van der Waals surface area (Å²) < 4.78 is 0. The van der Waals surface area contributed by atoms with Crippen molar-refractivity contribution in [3.8, 4) is 0 Å². The average Bonchev–Trinajstić information content (AvgIpc) is 2.98. The largest absolute Gasteiger partial charge is 0.365 e. The SMILES string of the molecule is CC1(C)CC1CNC1=NCC2(CCCCC2)CS1. The summed E-state index contributed by atoms with van der Waals surface area (Å²) in [6.07, 6.45) is 8.49. The van der Waals surface area contributed by atoms with Crippen molar-refractivity contribution in [2.45, 2.75) is 52.4 Å². The first-order valence-electron chi connectivity index (χ1n) is 7.51. The van der Waals surface area contributed by atoms with E-state index in [-0.39, 0.29) is 0 Å². The van der Waals surface area contributed by atoms with E-state index in [0.29, 0.717) is 10.8 Å². The molecule has 3 aliphatic rings. The summed E-state index contributed by atoms with van der Waals surface area (Å²) in [7, 11) is 0. The molecule has 0 bridgehead atoms. The van der Waals surface area contributed by atoms with E-state index in [0.717, 1.165) is 19.0 Å². The van der Waals surface area contributed by atoms with Crippen LogP contribution in [0.25, 0.3) is 0 Å². The highest BCUT2D eigenvalue weighted by Crippen LogP contribution is 2.51. The molecule has 0 saturated heterocycles. The number of nitrogens with zero attached hydrogens (tertiary/aromatic N) is 1. The van der Waals surface area contributed by atoms with Crippen LogP contribution in [0.1, 0.15) is 52.4 Å². The summed E-state index contributed by atoms with van der Waals surface area (Å²) in [6, 6.07) is 0. The number of nitrogens with one attached hydrogen (secondary N) is 1. The predicted molar refractivity (Wildman–Crippen MR) is 80.2 cm³/mol. The maximum atomic E-state index is 4.82. The van der Waals surface area contributed by atoms with Crippen molar-refractivity contribution < 1.29 is 0 Å². The minimum atomic E-state index is 0.562. The van der Waals surface area contributed by atoms with Crippen LogP contribution in [0.2, 0.25) is 0 Å². The quantitative estimate of drug-likeness (QED) is 0.824. The summed E-state index contributed by atoms with van der Waals surface area (Å²) >= 11 is 1.98. The van der Waals surface area contributed by atoms with E-state index in [4.69, 9.17) is 4.99 Å². The van der Waals surface area contributed by atoms with Crippen LogP contribution in [0, 0.1) is 16.7 Å². The molecule has 2 aliphatic carbocycles. The molecule has 1 N–H and O–H groups in total. The molecule has 2 fully saturated rings. The highest BCUT2D eigenvalue weighted by molar-refractivity contribution is 8.13. The molecule has 1 spiro atoms. The summed E-state index contributed by atoms with van der Waals surface area (Å²) in [5.74, 6) is 2.17. The third kappa shape index (κ3) is 2.71. The molecule has 0 amide bonds. The second kappa shape index (κ2) is 4.73. The Morgan fingerprint density at radius 3 is 2.56 bits per heavy atom. The van der Waals surface area contributed by atoms with Crippen molar-refractivity contribution in [3.05, 3.63) is 0 Å². The Bertz CT molecular complexity index is 342. The second-order valence-corrected chi connectivity index (χ2v) is 8.21. The van der Waals surface area contributed by atoms with Gasteiger partial charge in [0.2, 0.25) is 0 Å². The van der Waals surface area contributed by atoms with Crippen LogP contribution in [0.15, 0.2) is 4.99 Å². The van der Waals surface area contributed by atoms with Crippen LogP contribution in [-0.2, 0) is 0 Å². The molecule has 1 aliphatic heterocycles. The van der Waals surface area contributed by atoms with Gasteiger partial charge in [-0.2, -0.15) is 0 Å². The Kier molecular flexibility index (Phi) is 3.38. The number of amidine groups is 1. The zero-order valence-electron chi connectivity index (χ0n) is 11.8. The summed E-state index contributed by atoms with van der Waals surface area (Å²) in [5.41, 5.74) is 1.14. The Balaban J connectivity index is 1.48. The fourth-order valence-electron chi connectivity index (χ4n) is 3.40. The van der Waals surface area contributed by atoms with Gasteiger partial charge in [0, 0.05) is 18.8 Å². The monoisotopic (exact) mass is 266 g/mol. The van der Waals surface area contributed by atoms with Crippen molar-refractivity contribution in [1.29, 1.82) is 0 Å². The maximum absolute atomic E-state index is 4.82. The smallest absolute Gasteiger partial charge is 0.156 e. The Morgan fingerprint density at radius 1 is 1.28 bits per heavy atom. The summed E-state index contributed by atoms with van der Waals surface area (Å²) in [6.45, 7) is 6.95. The molecule has 3 heteroatoms. The number of hydrogen-bond donors (Lipinski definition) is 1. The number of rotatable bonds is 2. The average molecular weight is 266 g/mol. The van der Waals surface area contributed by atoms with Crippen molar-refractivity contribution in [1.82, 2.24) is 5.32 Å². The molecule has 1 unspecified atom stereocenters. The number of aliphatic imine (C=N–C) groups is 1. The van der Waals surface area contributed by atoms with Gasteiger partial charge in [0.05, 0.1) is 0 Å². The minimum absolute atomic E-state index is 0.562. The standard InChI is InChI=1S/C15H26N2S/c1-14(2)8-12(14)9-16-13-17-10-15(11-18-13)6-4-3-5-7-15/h12H,3-11H2,1-2H3,(H,16,17). The number of thioether (sulfide) groups is 1. The molecule has 0 radical (unpaired) electrons. The van der Waals surface area contributed by atoms with Crippen molar-refractivity contribution >= 4 is 16.9 Å². The van der Waals surface area contributed by atoms with Gasteiger partial charge in [0.1, 0.15) is 0 Å². The van der Waals surface area contributed by atoms with E-state index in [2.05, 4.69) is 19.2 Å². The molecule has 1 heterocycles. The van der Waals surface area contributed by atoms with Crippen molar-refractivity contribution in [3.63, 3.8) is 0 Å². The summed E-state index contributed by atoms with van der Waals surface area (Å²) in [4.78, 5) is 4.82. The van der Waals surface area contributed by atoms with Gasteiger partial charge in [0.25, 0.3) is 0 Å². The molecular formula is C15H26N2S. The van der Waals surface area contributed by atoms with Crippen LogP contribution >= 0.6 is 11.8 Å². The third-order valence-corrected chi connectivity index (χ3v) is 6.51. The molecule has 3 rings (SSSR count). The minimum Gasteiger partial charge on any atom is -0.365 e. The van der Waals surface area contributed by atoms with E-state index >= 15 is 0 Å². The lowest BCUT2D eigenvalue weighted by molar-refractivity contribution is 0.232. The second-order valence-electron chi connectivity index (χ2n) is 7.24. The van der Waals surface area contributed by atoms with Gasteiger partial charge in [-0.25, -0.2) is 0 Å². The van der Waals surface area contributed by atoms with E-state index in [9.17, 15) is 0 Å². The zero-order valence-corrected chi connectivity index (χ0v) is 12.6. The van der Waals surface area contributed by atoms with Gasteiger partial charge >= 0.3 is 0 Å². The molecule has 2 saturated carbocycles. The van der Waals surface area contributed by atoms with E-state index < -0.39 is 0 Å². The van der Waals surface area contributed by atoms with Crippen LogP contribution in [-0.4, -0.2) is 24.0 Å². The van der Waals surface area contributed by atoms with Gasteiger partial charge in [-0.15, -0.1) is 0 Å². The van der Waals surface area contributed by atoms with Crippen LogP contribution in [0.5, 0.6) is 0 Å². The highest BCUT2D eigenvalue weighted by Gasteiger charge is 2.45. The molecule has 18 heavy (non-hydrogen) atoms. The van der Waals surface area contributed by atoms with Gasteiger partial charge < -0.3 is 5.32 Å². The molecular weight excluding hydrogens is 240 g/mol. The summed E-state index contributed by atoms with van der Waals surface area (Å²) in [5, 5.41) is 4.79. The molecule has 2 nitrogen and oxygen atoms in total. The first kappa shape index (κ1) is 12.8.